The number of ether oxygens (including phenoxy) is 3. The molecule has 0 bridgehead atoms. The molecule has 0 fully saturated rings. The zero-order valence-electron chi connectivity index (χ0n) is 17.4. The van der Waals surface area contributed by atoms with E-state index in [0.29, 0.717) is 12.5 Å². The fourth-order valence-corrected chi connectivity index (χ4v) is 2.55. The SMILES string of the molecule is CCCCCCCCCCCOC(=O)COCC(=O)OC(C)C(C)CC. The maximum Gasteiger partial charge on any atom is 0.332 e. The largest absolute Gasteiger partial charge is 0.464 e. The van der Waals surface area contributed by atoms with Gasteiger partial charge in [0.25, 0.3) is 0 Å². The van der Waals surface area contributed by atoms with Crippen molar-refractivity contribution in [1.82, 2.24) is 0 Å². The van der Waals surface area contributed by atoms with Crippen molar-refractivity contribution >= 4 is 11.9 Å². The van der Waals surface area contributed by atoms with Crippen LogP contribution in [0.4, 0.5) is 0 Å². The molecule has 26 heavy (non-hydrogen) atoms. The average Bonchev–Trinajstić information content (AvgIpc) is 2.62. The molecule has 0 aromatic carbocycles. The van der Waals surface area contributed by atoms with Crippen LogP contribution in [-0.4, -0.2) is 37.9 Å². The predicted molar refractivity (Wildman–Crippen MR) is 104 cm³/mol. The van der Waals surface area contributed by atoms with Crippen molar-refractivity contribution < 1.29 is 23.8 Å². The van der Waals surface area contributed by atoms with E-state index in [1.807, 2.05) is 13.8 Å². The quantitative estimate of drug-likeness (QED) is 0.264. The molecule has 0 spiro atoms. The lowest BCUT2D eigenvalue weighted by Crippen LogP contribution is -2.25. The standard InChI is InChI=1S/C21H40O5/c1-5-7-8-9-10-11-12-13-14-15-25-20(22)16-24-17-21(23)26-19(4)18(3)6-2/h18-19H,5-17H2,1-4H3. The van der Waals surface area contributed by atoms with Crippen molar-refractivity contribution in [2.45, 2.75) is 98.0 Å². The van der Waals surface area contributed by atoms with Crippen LogP contribution in [0.15, 0.2) is 0 Å². The van der Waals surface area contributed by atoms with Crippen molar-refractivity contribution in [3.8, 4) is 0 Å². The van der Waals surface area contributed by atoms with E-state index in [-0.39, 0.29) is 19.3 Å². The molecule has 0 aromatic heterocycles. The lowest BCUT2D eigenvalue weighted by molar-refractivity contribution is -0.159. The maximum absolute atomic E-state index is 11.6. The van der Waals surface area contributed by atoms with Gasteiger partial charge < -0.3 is 14.2 Å². The molecule has 0 heterocycles. The normalized spacial score (nSPS) is 13.2. The molecule has 5 nitrogen and oxygen atoms in total. The first-order chi connectivity index (χ1) is 12.5. The topological polar surface area (TPSA) is 61.8 Å². The zero-order valence-corrected chi connectivity index (χ0v) is 17.4. The van der Waals surface area contributed by atoms with Gasteiger partial charge in [-0.3, -0.25) is 0 Å². The van der Waals surface area contributed by atoms with Crippen molar-refractivity contribution in [3.63, 3.8) is 0 Å². The molecule has 0 saturated carbocycles. The minimum absolute atomic E-state index is 0.144. The van der Waals surface area contributed by atoms with Crippen molar-refractivity contribution in [2.24, 2.45) is 5.92 Å². The number of esters is 2. The van der Waals surface area contributed by atoms with Gasteiger partial charge in [0.2, 0.25) is 0 Å². The van der Waals surface area contributed by atoms with Crippen LogP contribution in [0.5, 0.6) is 0 Å². The summed E-state index contributed by atoms with van der Waals surface area (Å²) in [6, 6.07) is 0. The number of carbonyl (C=O) groups excluding carboxylic acids is 2. The number of carbonyl (C=O) groups is 2. The molecular weight excluding hydrogens is 332 g/mol. The third kappa shape index (κ3) is 15.2. The third-order valence-corrected chi connectivity index (χ3v) is 4.71. The van der Waals surface area contributed by atoms with Crippen LogP contribution in [0.2, 0.25) is 0 Å². The Kier molecular flexibility index (Phi) is 16.6. The highest BCUT2D eigenvalue weighted by atomic mass is 16.6. The summed E-state index contributed by atoms with van der Waals surface area (Å²) in [6.45, 7) is 8.18. The van der Waals surface area contributed by atoms with Crippen LogP contribution in [0.1, 0.15) is 91.9 Å². The van der Waals surface area contributed by atoms with Gasteiger partial charge in [-0.15, -0.1) is 0 Å². The van der Waals surface area contributed by atoms with Crippen LogP contribution in [0.3, 0.4) is 0 Å². The van der Waals surface area contributed by atoms with E-state index in [2.05, 4.69) is 13.8 Å². The molecule has 0 rings (SSSR count). The molecule has 2 atom stereocenters. The molecule has 0 aromatic rings. The molecule has 0 aliphatic carbocycles. The molecule has 0 saturated heterocycles. The molecule has 0 aliphatic heterocycles. The Hall–Kier alpha value is -1.10. The summed E-state index contributed by atoms with van der Waals surface area (Å²) in [6.07, 6.45) is 11.8. The highest BCUT2D eigenvalue weighted by molar-refractivity contribution is 5.73. The summed E-state index contributed by atoms with van der Waals surface area (Å²) in [5, 5.41) is 0. The molecular formula is C21H40O5. The van der Waals surface area contributed by atoms with E-state index in [1.54, 1.807) is 0 Å². The van der Waals surface area contributed by atoms with E-state index in [9.17, 15) is 9.59 Å². The van der Waals surface area contributed by atoms with E-state index in [1.165, 1.54) is 44.9 Å². The first-order valence-electron chi connectivity index (χ1n) is 10.4. The molecule has 5 heteroatoms. The minimum Gasteiger partial charge on any atom is -0.464 e. The smallest absolute Gasteiger partial charge is 0.332 e. The van der Waals surface area contributed by atoms with Gasteiger partial charge in [-0.05, 0) is 19.3 Å². The second-order valence-corrected chi connectivity index (χ2v) is 7.12. The zero-order chi connectivity index (χ0) is 19.6. The van der Waals surface area contributed by atoms with E-state index in [0.717, 1.165) is 19.3 Å². The van der Waals surface area contributed by atoms with Gasteiger partial charge in [0, 0.05) is 0 Å². The molecule has 0 N–H and O–H groups in total. The Morgan fingerprint density at radius 3 is 1.88 bits per heavy atom. The summed E-state index contributed by atoms with van der Waals surface area (Å²) >= 11 is 0. The van der Waals surface area contributed by atoms with Gasteiger partial charge >= 0.3 is 11.9 Å². The van der Waals surface area contributed by atoms with Gasteiger partial charge in [-0.25, -0.2) is 9.59 Å². The third-order valence-electron chi connectivity index (χ3n) is 4.71. The molecule has 0 radical (unpaired) electrons. The summed E-state index contributed by atoms with van der Waals surface area (Å²) in [5.74, 6) is -0.558. The second-order valence-electron chi connectivity index (χ2n) is 7.12. The first-order valence-corrected chi connectivity index (χ1v) is 10.4. The molecule has 2 unspecified atom stereocenters. The van der Waals surface area contributed by atoms with Gasteiger partial charge in [-0.2, -0.15) is 0 Å². The van der Waals surface area contributed by atoms with Gasteiger partial charge in [0.15, 0.2) is 0 Å². The van der Waals surface area contributed by atoms with Gasteiger partial charge in [0.05, 0.1) is 6.61 Å². The van der Waals surface area contributed by atoms with Gasteiger partial charge in [0.1, 0.15) is 19.3 Å². The summed E-state index contributed by atoms with van der Waals surface area (Å²) < 4.78 is 15.4. The Balaban J connectivity index is 3.45. The van der Waals surface area contributed by atoms with Gasteiger partial charge in [-0.1, -0.05) is 78.6 Å². The maximum atomic E-state index is 11.6. The van der Waals surface area contributed by atoms with E-state index >= 15 is 0 Å². The van der Waals surface area contributed by atoms with Crippen molar-refractivity contribution in [3.05, 3.63) is 0 Å². The van der Waals surface area contributed by atoms with E-state index < -0.39 is 11.9 Å². The highest BCUT2D eigenvalue weighted by Gasteiger charge is 2.15. The highest BCUT2D eigenvalue weighted by Crippen LogP contribution is 2.11. The van der Waals surface area contributed by atoms with Crippen LogP contribution in [0, 0.1) is 5.92 Å². The number of hydrogen-bond donors (Lipinski definition) is 0. The number of hydrogen-bond acceptors (Lipinski definition) is 5. The summed E-state index contributed by atoms with van der Waals surface area (Å²) in [4.78, 5) is 23.1. The summed E-state index contributed by atoms with van der Waals surface area (Å²) in [5.41, 5.74) is 0. The first kappa shape index (κ1) is 24.9. The number of rotatable bonds is 17. The average molecular weight is 373 g/mol. The second kappa shape index (κ2) is 17.3. The Morgan fingerprint density at radius 1 is 0.769 bits per heavy atom. The fraction of sp³-hybridized carbons (Fsp3) is 0.905. The molecule has 154 valence electrons. The molecule has 0 aliphatic rings. The van der Waals surface area contributed by atoms with Crippen LogP contribution in [0.25, 0.3) is 0 Å². The lowest BCUT2D eigenvalue weighted by atomic mass is 10.0. The minimum atomic E-state index is -0.440. The van der Waals surface area contributed by atoms with Crippen LogP contribution >= 0.6 is 0 Å². The fourth-order valence-electron chi connectivity index (χ4n) is 2.55. The van der Waals surface area contributed by atoms with Crippen molar-refractivity contribution in [1.29, 1.82) is 0 Å². The monoisotopic (exact) mass is 372 g/mol. The number of unbranched alkanes of at least 4 members (excludes halogenated alkanes) is 8. The molecule has 0 amide bonds. The van der Waals surface area contributed by atoms with Crippen LogP contribution in [-0.2, 0) is 23.8 Å². The Bertz CT molecular complexity index is 356. The van der Waals surface area contributed by atoms with E-state index in [4.69, 9.17) is 14.2 Å². The predicted octanol–water partition coefficient (Wildman–Crippen LogP) is 5.05. The van der Waals surface area contributed by atoms with Crippen LogP contribution < -0.4 is 0 Å². The van der Waals surface area contributed by atoms with Crippen molar-refractivity contribution in [2.75, 3.05) is 19.8 Å². The Labute approximate surface area is 160 Å². The lowest BCUT2D eigenvalue weighted by Gasteiger charge is -2.18. The summed E-state index contributed by atoms with van der Waals surface area (Å²) in [7, 11) is 0. The Morgan fingerprint density at radius 2 is 1.31 bits per heavy atom.